The van der Waals surface area contributed by atoms with Gasteiger partial charge in [0, 0.05) is 31.7 Å². The molecular weight excluding hydrogens is 290 g/mol. The molecule has 4 amide bonds. The van der Waals surface area contributed by atoms with E-state index in [2.05, 4.69) is 10.6 Å². The number of hydrogen-bond donors (Lipinski definition) is 2. The van der Waals surface area contributed by atoms with Crippen molar-refractivity contribution < 1.29 is 23.9 Å². The second-order valence-corrected chi connectivity index (χ2v) is 4.97. The summed E-state index contributed by atoms with van der Waals surface area (Å²) in [4.78, 5) is 47.3. The highest BCUT2D eigenvalue weighted by Gasteiger charge is 2.28. The van der Waals surface area contributed by atoms with Gasteiger partial charge in [-0.05, 0) is 13.8 Å². The summed E-state index contributed by atoms with van der Waals surface area (Å²) in [5.74, 6) is -1.38. The highest BCUT2D eigenvalue weighted by atomic mass is 16.5. The molecule has 0 spiro atoms. The number of carbonyl (C=O) groups is 4. The molecule has 8 heteroatoms. The zero-order valence-corrected chi connectivity index (χ0v) is 13.0. The van der Waals surface area contributed by atoms with Gasteiger partial charge in [-0.1, -0.05) is 0 Å². The van der Waals surface area contributed by atoms with Crippen LogP contribution in [0.15, 0.2) is 11.6 Å². The fourth-order valence-corrected chi connectivity index (χ4v) is 1.92. The molecule has 0 aromatic heterocycles. The summed E-state index contributed by atoms with van der Waals surface area (Å²) >= 11 is 0. The molecule has 1 aliphatic rings. The van der Waals surface area contributed by atoms with Gasteiger partial charge in [0.15, 0.2) is 0 Å². The van der Waals surface area contributed by atoms with Crippen molar-refractivity contribution in [1.82, 2.24) is 15.5 Å². The summed E-state index contributed by atoms with van der Waals surface area (Å²) in [5.41, 5.74) is 0.365. The minimum Gasteiger partial charge on any atom is -0.384 e. The molecule has 0 saturated carbocycles. The van der Waals surface area contributed by atoms with Gasteiger partial charge in [-0.2, -0.15) is 0 Å². The topological polar surface area (TPSA) is 105 Å². The summed E-state index contributed by atoms with van der Waals surface area (Å²) < 4.78 is 4.78. The maximum absolute atomic E-state index is 11.7. The average molecular weight is 311 g/mol. The molecule has 2 N–H and O–H groups in total. The van der Waals surface area contributed by atoms with Gasteiger partial charge in [-0.15, -0.1) is 0 Å². The monoisotopic (exact) mass is 311 g/mol. The van der Waals surface area contributed by atoms with E-state index in [1.54, 1.807) is 13.8 Å². The zero-order valence-electron chi connectivity index (χ0n) is 13.0. The van der Waals surface area contributed by atoms with Crippen molar-refractivity contribution in [2.45, 2.75) is 32.9 Å². The van der Waals surface area contributed by atoms with Crippen molar-refractivity contribution in [3.8, 4) is 0 Å². The maximum atomic E-state index is 11.7. The van der Waals surface area contributed by atoms with Crippen LogP contribution in [0.1, 0.15) is 26.7 Å². The van der Waals surface area contributed by atoms with Gasteiger partial charge in [0.1, 0.15) is 0 Å². The van der Waals surface area contributed by atoms with Gasteiger partial charge in [0.05, 0.1) is 19.2 Å². The Balaban J connectivity index is 2.30. The van der Waals surface area contributed by atoms with Crippen LogP contribution in [0.3, 0.4) is 0 Å². The standard InChI is InChI=1S/C14H21N3O5/c1-9-8-13(20)17(14(9)21)6-4-11(18)15-10(2)16-12(19)5-7-22-3/h8,10H,4-7H2,1-3H3,(H,15,18)(H,16,19). The van der Waals surface area contributed by atoms with Crippen LogP contribution in [0.4, 0.5) is 0 Å². The third-order valence-electron chi connectivity index (χ3n) is 3.04. The minimum absolute atomic E-state index is 0.0156. The Morgan fingerprint density at radius 2 is 1.82 bits per heavy atom. The van der Waals surface area contributed by atoms with Crippen LogP contribution in [0.5, 0.6) is 0 Å². The number of hydrogen-bond acceptors (Lipinski definition) is 5. The van der Waals surface area contributed by atoms with Crippen LogP contribution < -0.4 is 10.6 Å². The Kier molecular flexibility index (Phi) is 6.71. The number of rotatable bonds is 8. The van der Waals surface area contributed by atoms with E-state index in [9.17, 15) is 19.2 Å². The highest BCUT2D eigenvalue weighted by molar-refractivity contribution is 6.15. The molecule has 122 valence electrons. The second-order valence-electron chi connectivity index (χ2n) is 4.97. The summed E-state index contributed by atoms with van der Waals surface area (Å²) in [7, 11) is 1.50. The molecule has 1 atom stereocenters. The van der Waals surface area contributed by atoms with E-state index >= 15 is 0 Å². The number of imide groups is 1. The molecule has 8 nitrogen and oxygen atoms in total. The lowest BCUT2D eigenvalue weighted by Gasteiger charge is -2.17. The van der Waals surface area contributed by atoms with Crippen molar-refractivity contribution >= 4 is 23.6 Å². The van der Waals surface area contributed by atoms with Gasteiger partial charge in [0.25, 0.3) is 11.8 Å². The van der Waals surface area contributed by atoms with Gasteiger partial charge >= 0.3 is 0 Å². The van der Waals surface area contributed by atoms with Crippen molar-refractivity contribution in [3.05, 3.63) is 11.6 Å². The number of methoxy groups -OCH3 is 1. The van der Waals surface area contributed by atoms with Crippen LogP contribution in [-0.4, -0.2) is 55.0 Å². The second kappa shape index (κ2) is 8.28. The molecule has 0 aromatic carbocycles. The van der Waals surface area contributed by atoms with Crippen LogP contribution in [0.2, 0.25) is 0 Å². The van der Waals surface area contributed by atoms with Crippen molar-refractivity contribution in [1.29, 1.82) is 0 Å². The number of amides is 4. The number of carbonyl (C=O) groups excluding carboxylic acids is 4. The Morgan fingerprint density at radius 3 is 2.32 bits per heavy atom. The van der Waals surface area contributed by atoms with Gasteiger partial charge in [0.2, 0.25) is 11.8 Å². The smallest absolute Gasteiger partial charge is 0.256 e. The third-order valence-corrected chi connectivity index (χ3v) is 3.04. The first-order valence-corrected chi connectivity index (χ1v) is 6.97. The highest BCUT2D eigenvalue weighted by Crippen LogP contribution is 2.11. The summed E-state index contributed by atoms with van der Waals surface area (Å²) in [5, 5.41) is 5.16. The quantitative estimate of drug-likeness (QED) is 0.456. The van der Waals surface area contributed by atoms with E-state index in [1.807, 2.05) is 0 Å². The minimum atomic E-state index is -0.540. The molecule has 0 aromatic rings. The van der Waals surface area contributed by atoms with Crippen molar-refractivity contribution in [2.24, 2.45) is 0 Å². The van der Waals surface area contributed by atoms with E-state index in [0.29, 0.717) is 12.2 Å². The summed E-state index contributed by atoms with van der Waals surface area (Å²) in [6, 6.07) is 0. The number of ether oxygens (including phenoxy) is 1. The molecule has 1 heterocycles. The normalized spacial score (nSPS) is 15.6. The van der Waals surface area contributed by atoms with Crippen LogP contribution in [0, 0.1) is 0 Å². The molecule has 22 heavy (non-hydrogen) atoms. The first-order valence-electron chi connectivity index (χ1n) is 6.97. The van der Waals surface area contributed by atoms with Gasteiger partial charge < -0.3 is 15.4 Å². The third kappa shape index (κ3) is 5.28. The van der Waals surface area contributed by atoms with E-state index in [0.717, 1.165) is 4.90 Å². The molecule has 1 aliphatic heterocycles. The Morgan fingerprint density at radius 1 is 1.23 bits per heavy atom. The average Bonchev–Trinajstić information content (AvgIpc) is 2.67. The van der Waals surface area contributed by atoms with Crippen LogP contribution in [-0.2, 0) is 23.9 Å². The lowest BCUT2D eigenvalue weighted by Crippen LogP contribution is -2.47. The fourth-order valence-electron chi connectivity index (χ4n) is 1.92. The summed E-state index contributed by atoms with van der Waals surface area (Å²) in [6.07, 6.45) is 0.899. The van der Waals surface area contributed by atoms with E-state index in [1.165, 1.54) is 13.2 Å². The Hall–Kier alpha value is -2.22. The predicted molar refractivity (Wildman–Crippen MR) is 77.3 cm³/mol. The number of nitrogens with one attached hydrogen (secondary N) is 2. The van der Waals surface area contributed by atoms with Crippen LogP contribution in [0.25, 0.3) is 0 Å². The maximum Gasteiger partial charge on any atom is 0.256 e. The molecule has 1 unspecified atom stereocenters. The van der Waals surface area contributed by atoms with Gasteiger partial charge in [-0.25, -0.2) is 0 Å². The SMILES string of the molecule is COCCC(=O)NC(C)NC(=O)CCN1C(=O)C=C(C)C1=O. The molecule has 0 aliphatic carbocycles. The Bertz CT molecular complexity index is 501. The Labute approximate surface area is 128 Å². The molecule has 1 rings (SSSR count). The molecular formula is C14H21N3O5. The van der Waals surface area contributed by atoms with E-state index in [4.69, 9.17) is 4.74 Å². The first kappa shape index (κ1) is 17.8. The van der Waals surface area contributed by atoms with Crippen molar-refractivity contribution in [3.63, 3.8) is 0 Å². The predicted octanol–water partition coefficient (Wildman–Crippen LogP) is -0.693. The molecule has 0 saturated heterocycles. The number of nitrogens with zero attached hydrogens (tertiary/aromatic N) is 1. The van der Waals surface area contributed by atoms with Gasteiger partial charge in [-0.3, -0.25) is 24.1 Å². The molecule has 0 radical (unpaired) electrons. The lowest BCUT2D eigenvalue weighted by atomic mass is 10.3. The molecule has 0 fully saturated rings. The fraction of sp³-hybridized carbons (Fsp3) is 0.571. The largest absolute Gasteiger partial charge is 0.384 e. The van der Waals surface area contributed by atoms with E-state index < -0.39 is 12.1 Å². The van der Waals surface area contributed by atoms with Crippen LogP contribution >= 0.6 is 0 Å². The first-order chi connectivity index (χ1) is 10.3. The zero-order chi connectivity index (χ0) is 16.7. The summed E-state index contributed by atoms with van der Waals surface area (Å²) in [6.45, 7) is 3.50. The molecule has 0 bridgehead atoms. The lowest BCUT2D eigenvalue weighted by molar-refractivity contribution is -0.137. The van der Waals surface area contributed by atoms with Crippen molar-refractivity contribution in [2.75, 3.05) is 20.3 Å². The van der Waals surface area contributed by atoms with E-state index in [-0.39, 0.29) is 37.1 Å².